The van der Waals surface area contributed by atoms with Crippen LogP contribution in [0.15, 0.2) is 18.2 Å². The summed E-state index contributed by atoms with van der Waals surface area (Å²) >= 11 is 0. The van der Waals surface area contributed by atoms with E-state index in [1.807, 2.05) is 0 Å². The van der Waals surface area contributed by atoms with Crippen molar-refractivity contribution in [2.45, 2.75) is 58.3 Å². The molecule has 7 heteroatoms. The molecule has 0 aliphatic rings. The molecule has 1 rings (SSSR count). The second-order valence-electron chi connectivity index (χ2n) is 6.38. The number of hydrogen-bond acceptors (Lipinski definition) is 3. The second-order valence-corrected chi connectivity index (χ2v) is 6.38. The van der Waals surface area contributed by atoms with E-state index in [4.69, 9.17) is 9.84 Å². The lowest BCUT2D eigenvalue weighted by molar-refractivity contribution is -0.108. The molecule has 4 nitrogen and oxygen atoms in total. The van der Waals surface area contributed by atoms with Gasteiger partial charge in [0.25, 0.3) is 0 Å². The van der Waals surface area contributed by atoms with Crippen molar-refractivity contribution in [3.05, 3.63) is 35.1 Å². The number of amides is 1. The number of rotatable bonds is 4. The summed E-state index contributed by atoms with van der Waals surface area (Å²) in [6.45, 7) is 7.34. The van der Waals surface area contributed by atoms with Crippen molar-refractivity contribution in [3.8, 4) is 0 Å². The van der Waals surface area contributed by atoms with Gasteiger partial charge in [0.2, 0.25) is 0 Å². The molecule has 2 atom stereocenters. The quantitative estimate of drug-likeness (QED) is 0.879. The van der Waals surface area contributed by atoms with Crippen molar-refractivity contribution in [1.82, 2.24) is 5.32 Å². The number of nitrogens with one attached hydrogen (secondary N) is 1. The summed E-state index contributed by atoms with van der Waals surface area (Å²) in [7, 11) is 0. The van der Waals surface area contributed by atoms with Gasteiger partial charge in [0.15, 0.2) is 0 Å². The number of benzene rings is 1. The fourth-order valence-corrected chi connectivity index (χ4v) is 1.93. The number of alkyl carbamates (subject to hydrolysis) is 1. The maximum atomic E-state index is 14.4. The molecule has 23 heavy (non-hydrogen) atoms. The molecule has 0 spiro atoms. The Hall–Kier alpha value is -1.76. The van der Waals surface area contributed by atoms with Crippen LogP contribution in [-0.2, 0) is 10.7 Å². The van der Waals surface area contributed by atoms with Gasteiger partial charge in [0.1, 0.15) is 17.5 Å². The van der Waals surface area contributed by atoms with Crippen LogP contribution in [0.2, 0.25) is 0 Å². The Labute approximate surface area is 133 Å². The monoisotopic (exact) mass is 333 g/mol. The lowest BCUT2D eigenvalue weighted by atomic mass is 9.98. The van der Waals surface area contributed by atoms with Crippen LogP contribution in [-0.4, -0.2) is 22.9 Å². The fourth-order valence-electron chi connectivity index (χ4n) is 1.93. The van der Waals surface area contributed by atoms with E-state index in [0.29, 0.717) is 0 Å². The minimum absolute atomic E-state index is 0.117. The first-order valence-corrected chi connectivity index (χ1v) is 7.20. The van der Waals surface area contributed by atoms with E-state index in [1.54, 1.807) is 20.8 Å². The number of hydrogen-bond donors (Lipinski definition) is 2. The third kappa shape index (κ3) is 4.86. The van der Waals surface area contributed by atoms with Gasteiger partial charge >= 0.3 is 12.0 Å². The molecule has 0 bridgehead atoms. The Morgan fingerprint density at radius 3 is 2.30 bits per heavy atom. The van der Waals surface area contributed by atoms with Crippen molar-refractivity contribution >= 4 is 6.09 Å². The average molecular weight is 333 g/mol. The number of alkyl halides is 2. The van der Waals surface area contributed by atoms with E-state index < -0.39 is 41.1 Å². The van der Waals surface area contributed by atoms with Gasteiger partial charge in [-0.25, -0.2) is 9.18 Å². The average Bonchev–Trinajstić information content (AvgIpc) is 2.35. The van der Waals surface area contributed by atoms with Crippen LogP contribution < -0.4 is 5.32 Å². The van der Waals surface area contributed by atoms with E-state index in [0.717, 1.165) is 13.0 Å². The summed E-state index contributed by atoms with van der Waals surface area (Å²) < 4.78 is 47.2. The molecule has 1 aromatic carbocycles. The standard InChI is InChI=1S/C16H22F3NO3/c1-9(20-14(22)23-15(3,4)5)11-7-6-8-12(13(11)17)16(18,19)10(2)21/h6-10,21H,1-5H3,(H,20,22)/t9-,10?/m1/s1. The SMILES string of the molecule is CC(O)C(F)(F)c1cccc([C@@H](C)NC(=O)OC(C)(C)C)c1F. The van der Waals surface area contributed by atoms with E-state index in [2.05, 4.69) is 5.32 Å². The number of halogens is 3. The molecule has 2 N–H and O–H groups in total. The van der Waals surface area contributed by atoms with Gasteiger partial charge in [-0.2, -0.15) is 8.78 Å². The Morgan fingerprint density at radius 1 is 1.26 bits per heavy atom. The molecule has 0 aromatic heterocycles. The van der Waals surface area contributed by atoms with Crippen molar-refractivity contribution in [2.75, 3.05) is 0 Å². The zero-order valence-electron chi connectivity index (χ0n) is 13.8. The Kier molecular flexibility index (Phi) is 5.69. The van der Waals surface area contributed by atoms with Crippen LogP contribution in [0, 0.1) is 5.82 Å². The zero-order valence-corrected chi connectivity index (χ0v) is 13.8. The summed E-state index contributed by atoms with van der Waals surface area (Å²) in [6.07, 6.45) is -2.82. The molecule has 1 amide bonds. The van der Waals surface area contributed by atoms with Crippen molar-refractivity contribution in [2.24, 2.45) is 0 Å². The molecule has 1 aromatic rings. The number of carbonyl (C=O) groups excluding carboxylic acids is 1. The molecule has 0 saturated heterocycles. The number of aliphatic hydroxyl groups is 1. The summed E-state index contributed by atoms with van der Waals surface area (Å²) in [6, 6.07) is 2.57. The van der Waals surface area contributed by atoms with Gasteiger partial charge in [-0.3, -0.25) is 0 Å². The maximum Gasteiger partial charge on any atom is 0.408 e. The molecular formula is C16H22F3NO3. The third-order valence-electron chi connectivity index (χ3n) is 3.11. The van der Waals surface area contributed by atoms with Crippen molar-refractivity contribution in [1.29, 1.82) is 0 Å². The number of carbonyl (C=O) groups is 1. The predicted molar refractivity (Wildman–Crippen MR) is 79.8 cm³/mol. The summed E-state index contributed by atoms with van der Waals surface area (Å²) in [5, 5.41) is 11.5. The van der Waals surface area contributed by atoms with Gasteiger partial charge in [0, 0.05) is 5.56 Å². The van der Waals surface area contributed by atoms with Gasteiger partial charge < -0.3 is 15.2 Å². The molecule has 0 fully saturated rings. The summed E-state index contributed by atoms with van der Waals surface area (Å²) in [4.78, 5) is 11.7. The molecule has 130 valence electrons. The minimum Gasteiger partial charge on any atom is -0.444 e. The maximum absolute atomic E-state index is 14.4. The van der Waals surface area contributed by atoms with Crippen LogP contribution in [0.5, 0.6) is 0 Å². The van der Waals surface area contributed by atoms with Crippen LogP contribution in [0.4, 0.5) is 18.0 Å². The molecule has 1 unspecified atom stereocenters. The minimum atomic E-state index is -3.73. The van der Waals surface area contributed by atoms with Crippen LogP contribution in [0.25, 0.3) is 0 Å². The second kappa shape index (κ2) is 6.78. The summed E-state index contributed by atoms with van der Waals surface area (Å²) in [5.74, 6) is -4.90. The Morgan fingerprint density at radius 2 is 1.83 bits per heavy atom. The normalized spacial score (nSPS) is 15.0. The fraction of sp³-hybridized carbons (Fsp3) is 0.562. The molecule has 0 heterocycles. The number of aliphatic hydroxyl groups excluding tert-OH is 1. The molecule has 0 saturated carbocycles. The smallest absolute Gasteiger partial charge is 0.408 e. The lowest BCUT2D eigenvalue weighted by Gasteiger charge is -2.24. The molecule has 0 aliphatic carbocycles. The molecular weight excluding hydrogens is 311 g/mol. The topological polar surface area (TPSA) is 58.6 Å². The van der Waals surface area contributed by atoms with Crippen molar-refractivity contribution < 1.29 is 27.8 Å². The van der Waals surface area contributed by atoms with Crippen molar-refractivity contribution in [3.63, 3.8) is 0 Å². The Balaban J connectivity index is 3.04. The van der Waals surface area contributed by atoms with E-state index in [9.17, 15) is 18.0 Å². The highest BCUT2D eigenvalue weighted by atomic mass is 19.3. The van der Waals surface area contributed by atoms with Crippen LogP contribution in [0.3, 0.4) is 0 Å². The van der Waals surface area contributed by atoms with E-state index in [1.165, 1.54) is 19.1 Å². The first-order chi connectivity index (χ1) is 10.4. The van der Waals surface area contributed by atoms with Crippen LogP contribution >= 0.6 is 0 Å². The Bertz CT molecular complexity index is 568. The van der Waals surface area contributed by atoms with E-state index >= 15 is 0 Å². The van der Waals surface area contributed by atoms with Gasteiger partial charge in [-0.05, 0) is 40.7 Å². The van der Waals surface area contributed by atoms with E-state index in [-0.39, 0.29) is 5.56 Å². The largest absolute Gasteiger partial charge is 0.444 e. The highest BCUT2D eigenvalue weighted by Gasteiger charge is 2.40. The first kappa shape index (κ1) is 19.3. The van der Waals surface area contributed by atoms with Gasteiger partial charge in [-0.1, -0.05) is 12.1 Å². The predicted octanol–water partition coefficient (Wildman–Crippen LogP) is 3.88. The molecule has 0 radical (unpaired) electrons. The highest BCUT2D eigenvalue weighted by molar-refractivity contribution is 5.68. The lowest BCUT2D eigenvalue weighted by Crippen LogP contribution is -2.35. The molecule has 0 aliphatic heterocycles. The third-order valence-corrected chi connectivity index (χ3v) is 3.11. The number of ether oxygens (including phenoxy) is 1. The van der Waals surface area contributed by atoms with Gasteiger partial charge in [-0.15, -0.1) is 0 Å². The van der Waals surface area contributed by atoms with Crippen LogP contribution in [0.1, 0.15) is 51.8 Å². The first-order valence-electron chi connectivity index (χ1n) is 7.20. The zero-order chi connectivity index (χ0) is 18.0. The summed E-state index contributed by atoms with van der Waals surface area (Å²) in [5.41, 5.74) is -1.76. The highest BCUT2D eigenvalue weighted by Crippen LogP contribution is 2.35. The van der Waals surface area contributed by atoms with Gasteiger partial charge in [0.05, 0.1) is 11.6 Å².